The normalized spacial score (nSPS) is 11.3. The van der Waals surface area contributed by atoms with Gasteiger partial charge in [0.05, 0.1) is 17.4 Å². The van der Waals surface area contributed by atoms with E-state index < -0.39 is 17.4 Å². The van der Waals surface area contributed by atoms with Crippen molar-refractivity contribution in [2.75, 3.05) is 5.32 Å². The molecule has 2 aromatic rings. The highest BCUT2D eigenvalue weighted by Crippen LogP contribution is 2.14. The van der Waals surface area contributed by atoms with Gasteiger partial charge in [-0.05, 0) is 32.1 Å². The molecule has 0 aliphatic carbocycles. The van der Waals surface area contributed by atoms with Crippen molar-refractivity contribution in [2.45, 2.75) is 13.8 Å². The quantitative estimate of drug-likeness (QED) is 0.811. The fourth-order valence-electron chi connectivity index (χ4n) is 2.17. The lowest BCUT2D eigenvalue weighted by molar-refractivity contribution is -0.297. The Balaban J connectivity index is 2.45. The van der Waals surface area contributed by atoms with Crippen LogP contribution in [0.1, 0.15) is 12.6 Å². The fraction of sp³-hybridized carbons (Fsp3) is 0.188. The van der Waals surface area contributed by atoms with Gasteiger partial charge in [0.2, 0.25) is 0 Å². The van der Waals surface area contributed by atoms with Crippen molar-refractivity contribution in [3.05, 3.63) is 58.0 Å². The molecule has 0 radical (unpaired) electrons. The Morgan fingerprint density at radius 1 is 1.22 bits per heavy atom. The second-order valence-electron chi connectivity index (χ2n) is 5.04. The maximum Gasteiger partial charge on any atom is 0.295 e. The summed E-state index contributed by atoms with van der Waals surface area (Å²) >= 11 is 0. The van der Waals surface area contributed by atoms with Crippen molar-refractivity contribution in [3.63, 3.8) is 0 Å². The van der Waals surface area contributed by atoms with Crippen LogP contribution in [0.4, 0.5) is 5.69 Å². The molecular weight excluding hydrogens is 298 g/mol. The molecule has 7 heteroatoms. The van der Waals surface area contributed by atoms with Gasteiger partial charge in [0, 0.05) is 12.6 Å². The van der Waals surface area contributed by atoms with Crippen LogP contribution in [-0.4, -0.2) is 21.2 Å². The van der Waals surface area contributed by atoms with Gasteiger partial charge in [-0.25, -0.2) is 4.68 Å². The van der Waals surface area contributed by atoms with E-state index in [2.05, 4.69) is 5.32 Å². The van der Waals surface area contributed by atoms with E-state index >= 15 is 0 Å². The summed E-state index contributed by atoms with van der Waals surface area (Å²) < 4.78 is 3.04. The van der Waals surface area contributed by atoms with Crippen LogP contribution in [-0.2, 0) is 16.6 Å². The summed E-state index contributed by atoms with van der Waals surface area (Å²) in [5.74, 6) is -2.13. The van der Waals surface area contributed by atoms with Gasteiger partial charge in [-0.3, -0.25) is 14.3 Å². The van der Waals surface area contributed by atoms with Crippen LogP contribution in [0.25, 0.3) is 5.69 Å². The van der Waals surface area contributed by atoms with E-state index in [9.17, 15) is 19.5 Å². The highest BCUT2D eigenvalue weighted by molar-refractivity contribution is 6.06. The Bertz CT molecular complexity index is 844. The summed E-state index contributed by atoms with van der Waals surface area (Å²) in [5.41, 5.74) is 0.858. The van der Waals surface area contributed by atoms with Crippen molar-refractivity contribution in [3.8, 4) is 5.69 Å². The Morgan fingerprint density at radius 2 is 1.83 bits per heavy atom. The van der Waals surface area contributed by atoms with E-state index in [1.54, 1.807) is 42.9 Å². The molecule has 1 aromatic carbocycles. The van der Waals surface area contributed by atoms with E-state index in [4.69, 9.17) is 0 Å². The van der Waals surface area contributed by atoms with Crippen molar-refractivity contribution in [1.82, 2.24) is 9.36 Å². The Labute approximate surface area is 132 Å². The minimum atomic E-state index is -1.47. The number of amides is 1. The Hall–Kier alpha value is -3.09. The number of rotatable bonds is 4. The maximum absolute atomic E-state index is 12.6. The van der Waals surface area contributed by atoms with Gasteiger partial charge in [0.1, 0.15) is 5.69 Å². The molecule has 0 saturated heterocycles. The number of para-hydroxylation sites is 1. The summed E-state index contributed by atoms with van der Waals surface area (Å²) in [6, 6.07) is 8.98. The lowest BCUT2D eigenvalue weighted by atomic mass is 10.2. The molecule has 0 atom stereocenters. The average Bonchev–Trinajstić information content (AvgIpc) is 2.71. The monoisotopic (exact) mass is 314 g/mol. The van der Waals surface area contributed by atoms with Crippen LogP contribution in [0.2, 0.25) is 0 Å². The van der Waals surface area contributed by atoms with Gasteiger partial charge >= 0.3 is 0 Å². The number of anilines is 1. The number of carboxylic acid groups (broad SMARTS) is 1. The summed E-state index contributed by atoms with van der Waals surface area (Å²) in [4.78, 5) is 35.1. The van der Waals surface area contributed by atoms with E-state index in [1.165, 1.54) is 11.6 Å². The predicted molar refractivity (Wildman–Crippen MR) is 83.1 cm³/mol. The van der Waals surface area contributed by atoms with Crippen molar-refractivity contribution < 1.29 is 14.7 Å². The second-order valence-corrected chi connectivity index (χ2v) is 5.04. The van der Waals surface area contributed by atoms with Crippen LogP contribution >= 0.6 is 0 Å². The minimum Gasteiger partial charge on any atom is -0.545 e. The predicted octanol–water partition coefficient (Wildman–Crippen LogP) is 0.119. The molecule has 1 N–H and O–H groups in total. The lowest BCUT2D eigenvalue weighted by Crippen LogP contribution is -2.25. The highest BCUT2D eigenvalue weighted by Gasteiger charge is 2.18. The topological polar surface area (TPSA) is 96.2 Å². The van der Waals surface area contributed by atoms with Crippen molar-refractivity contribution >= 4 is 17.6 Å². The molecule has 0 saturated carbocycles. The Morgan fingerprint density at radius 3 is 2.39 bits per heavy atom. The minimum absolute atomic E-state index is 0.0566. The van der Waals surface area contributed by atoms with Gasteiger partial charge in [0.25, 0.3) is 11.5 Å². The first-order chi connectivity index (χ1) is 10.8. The molecule has 1 heterocycles. The maximum atomic E-state index is 12.6. The first-order valence-electron chi connectivity index (χ1n) is 6.87. The van der Waals surface area contributed by atoms with Crippen LogP contribution < -0.4 is 16.0 Å². The van der Waals surface area contributed by atoms with E-state index in [1.807, 2.05) is 6.07 Å². The van der Waals surface area contributed by atoms with Crippen LogP contribution in [0.5, 0.6) is 0 Å². The molecule has 7 nitrogen and oxygen atoms in total. The summed E-state index contributed by atoms with van der Waals surface area (Å²) in [5, 5.41) is 13.0. The first kappa shape index (κ1) is 16.3. The molecule has 0 spiro atoms. The number of hydrogen-bond donors (Lipinski definition) is 1. The molecule has 0 bridgehead atoms. The molecule has 0 fully saturated rings. The second kappa shape index (κ2) is 6.35. The van der Waals surface area contributed by atoms with E-state index in [0.29, 0.717) is 17.5 Å². The summed E-state index contributed by atoms with van der Waals surface area (Å²) in [6.07, 6.45) is 0.684. The SMILES string of the molecule is C/C(=C/C(=O)[O-])C(=O)Nc1c(C)n(C)n(-c2ccccc2)c1=O. The van der Waals surface area contributed by atoms with Crippen LogP contribution in [0, 0.1) is 6.92 Å². The number of benzene rings is 1. The number of hydrogen-bond acceptors (Lipinski definition) is 4. The third-order valence-corrected chi connectivity index (χ3v) is 3.49. The molecule has 1 aromatic heterocycles. The number of nitrogens with zero attached hydrogens (tertiary/aromatic N) is 2. The average molecular weight is 314 g/mol. The largest absolute Gasteiger partial charge is 0.545 e. The smallest absolute Gasteiger partial charge is 0.295 e. The molecular formula is C16H16N3O4-. The van der Waals surface area contributed by atoms with Gasteiger partial charge in [-0.2, -0.15) is 0 Å². The molecule has 120 valence electrons. The number of aromatic nitrogens is 2. The Kier molecular flexibility index (Phi) is 4.49. The third kappa shape index (κ3) is 3.23. The highest BCUT2D eigenvalue weighted by atomic mass is 16.4. The lowest BCUT2D eigenvalue weighted by Gasteiger charge is -2.07. The molecule has 0 aliphatic heterocycles. The number of carbonyl (C=O) groups is 2. The van der Waals surface area contributed by atoms with Crippen LogP contribution in [0.3, 0.4) is 0 Å². The van der Waals surface area contributed by atoms with Crippen molar-refractivity contribution in [2.24, 2.45) is 7.05 Å². The van der Waals surface area contributed by atoms with E-state index in [0.717, 1.165) is 0 Å². The first-order valence-corrected chi connectivity index (χ1v) is 6.87. The number of aliphatic carboxylic acids is 1. The standard InChI is InChI=1S/C16H17N3O4/c1-10(9-13(20)21)15(22)17-14-11(2)18(3)19(16(14)23)12-7-5-4-6-8-12/h4-9H,1-3H3,(H,17,22)(H,20,21)/p-1/b10-9-. The molecule has 23 heavy (non-hydrogen) atoms. The van der Waals surface area contributed by atoms with Gasteiger partial charge < -0.3 is 15.2 Å². The van der Waals surface area contributed by atoms with Gasteiger partial charge in [0.15, 0.2) is 0 Å². The zero-order valence-corrected chi connectivity index (χ0v) is 13.0. The molecule has 0 unspecified atom stereocenters. The van der Waals surface area contributed by atoms with Crippen LogP contribution in [0.15, 0.2) is 46.8 Å². The zero-order chi connectivity index (χ0) is 17.1. The summed E-state index contributed by atoms with van der Waals surface area (Å²) in [6.45, 7) is 3.02. The zero-order valence-electron chi connectivity index (χ0n) is 13.0. The van der Waals surface area contributed by atoms with E-state index in [-0.39, 0.29) is 11.3 Å². The third-order valence-electron chi connectivity index (χ3n) is 3.49. The molecule has 1 amide bonds. The van der Waals surface area contributed by atoms with Gasteiger partial charge in [-0.15, -0.1) is 0 Å². The number of carboxylic acids is 1. The fourth-order valence-corrected chi connectivity index (χ4v) is 2.17. The van der Waals surface area contributed by atoms with Gasteiger partial charge in [-0.1, -0.05) is 18.2 Å². The molecule has 0 aliphatic rings. The number of carbonyl (C=O) groups excluding carboxylic acids is 2. The molecule has 2 rings (SSSR count). The summed E-state index contributed by atoms with van der Waals surface area (Å²) in [7, 11) is 1.70. The van der Waals surface area contributed by atoms with Crippen molar-refractivity contribution in [1.29, 1.82) is 0 Å². The number of nitrogens with one attached hydrogen (secondary N) is 1.